The van der Waals surface area contributed by atoms with Crippen molar-refractivity contribution in [3.05, 3.63) is 83.0 Å². The first kappa shape index (κ1) is 23.6. The van der Waals surface area contributed by atoms with Crippen LogP contribution in [0.25, 0.3) is 33.6 Å². The Balaban J connectivity index is 1.60. The molecule has 0 saturated carbocycles. The Hall–Kier alpha value is -4.10. The van der Waals surface area contributed by atoms with Gasteiger partial charge in [-0.05, 0) is 68.4 Å². The molecule has 182 valence electrons. The summed E-state index contributed by atoms with van der Waals surface area (Å²) in [5.41, 5.74) is 3.53. The fraction of sp³-hybridized carbons (Fsp3) is 0.172. The molecule has 36 heavy (non-hydrogen) atoms. The Kier molecular flexibility index (Phi) is 6.73. The number of ether oxygens (including phenoxy) is 3. The van der Waals surface area contributed by atoms with Gasteiger partial charge < -0.3 is 18.6 Å². The van der Waals surface area contributed by atoms with Crippen LogP contribution in [0.15, 0.2) is 82.2 Å². The van der Waals surface area contributed by atoms with E-state index in [1.54, 1.807) is 25.6 Å². The summed E-state index contributed by atoms with van der Waals surface area (Å²) in [6.45, 7) is 4.64. The van der Waals surface area contributed by atoms with Crippen LogP contribution in [-0.2, 0) is 0 Å². The lowest BCUT2D eigenvalue weighted by atomic mass is 10.1. The maximum Gasteiger partial charge on any atom is 0.210 e. The number of hydrogen-bond donors (Lipinski definition) is 0. The van der Waals surface area contributed by atoms with Crippen molar-refractivity contribution in [2.24, 2.45) is 4.99 Å². The Morgan fingerprint density at radius 1 is 0.889 bits per heavy atom. The summed E-state index contributed by atoms with van der Waals surface area (Å²) in [4.78, 5) is 10.9. The first-order chi connectivity index (χ1) is 17.6. The number of aryl methyl sites for hydroxylation is 1. The molecule has 0 radical (unpaired) electrons. The minimum absolute atomic E-state index is 0.626. The van der Waals surface area contributed by atoms with E-state index >= 15 is 0 Å². The van der Waals surface area contributed by atoms with Gasteiger partial charge >= 0.3 is 0 Å². The van der Waals surface area contributed by atoms with Gasteiger partial charge in [-0.15, -0.1) is 0 Å². The zero-order chi connectivity index (χ0) is 25.1. The number of para-hydroxylation sites is 1. The SMILES string of the molecule is CCOc1ccc(-c2cc(=Nc3nc(-c4ccc(OC)c(OC)c4)c(C)s3)c3ccccc3o2)cc1. The lowest BCUT2D eigenvalue weighted by molar-refractivity contribution is 0.340. The highest BCUT2D eigenvalue weighted by Crippen LogP contribution is 2.36. The molecule has 0 bridgehead atoms. The molecule has 0 aliphatic rings. The van der Waals surface area contributed by atoms with Gasteiger partial charge in [-0.3, -0.25) is 0 Å². The van der Waals surface area contributed by atoms with E-state index in [0.29, 0.717) is 23.2 Å². The number of thiazole rings is 1. The van der Waals surface area contributed by atoms with E-state index in [0.717, 1.165) is 49.5 Å². The van der Waals surface area contributed by atoms with Gasteiger partial charge in [0, 0.05) is 27.5 Å². The van der Waals surface area contributed by atoms with Gasteiger partial charge in [0.2, 0.25) is 5.13 Å². The highest BCUT2D eigenvalue weighted by Gasteiger charge is 2.13. The Bertz CT molecular complexity index is 1590. The molecular weight excluding hydrogens is 472 g/mol. The van der Waals surface area contributed by atoms with Crippen LogP contribution < -0.4 is 19.6 Å². The average molecular weight is 499 g/mol. The topological polar surface area (TPSA) is 66.1 Å². The predicted molar refractivity (Wildman–Crippen MR) is 143 cm³/mol. The van der Waals surface area contributed by atoms with Crippen LogP contribution >= 0.6 is 11.3 Å². The molecule has 0 amide bonds. The van der Waals surface area contributed by atoms with Gasteiger partial charge in [-0.25, -0.2) is 9.98 Å². The summed E-state index contributed by atoms with van der Waals surface area (Å²) >= 11 is 1.55. The summed E-state index contributed by atoms with van der Waals surface area (Å²) < 4.78 is 22.6. The normalized spacial score (nSPS) is 11.6. The van der Waals surface area contributed by atoms with Crippen molar-refractivity contribution in [3.63, 3.8) is 0 Å². The molecular formula is C29H26N2O4S. The van der Waals surface area contributed by atoms with Gasteiger partial charge in [0.1, 0.15) is 17.1 Å². The largest absolute Gasteiger partial charge is 0.494 e. The number of nitrogens with zero attached hydrogens (tertiary/aromatic N) is 2. The zero-order valence-electron chi connectivity index (χ0n) is 20.6. The zero-order valence-corrected chi connectivity index (χ0v) is 21.4. The second kappa shape index (κ2) is 10.3. The number of fused-ring (bicyclic) bond motifs is 1. The molecule has 6 nitrogen and oxygen atoms in total. The van der Waals surface area contributed by atoms with E-state index in [4.69, 9.17) is 28.6 Å². The highest BCUT2D eigenvalue weighted by molar-refractivity contribution is 7.15. The lowest BCUT2D eigenvalue weighted by Crippen LogP contribution is -2.03. The van der Waals surface area contributed by atoms with Crippen LogP contribution in [0, 0.1) is 6.92 Å². The van der Waals surface area contributed by atoms with Crippen molar-refractivity contribution in [2.45, 2.75) is 13.8 Å². The third-order valence-electron chi connectivity index (χ3n) is 5.76. The standard InChI is InChI=1S/C29H26N2O4S/c1-5-34-21-13-10-19(11-14-21)26-17-23(22-8-6-7-9-24(22)35-26)30-29-31-28(18(2)36-29)20-12-15-25(32-3)27(16-20)33-4/h6-17H,5H2,1-4H3. The van der Waals surface area contributed by atoms with E-state index in [2.05, 4.69) is 0 Å². The summed E-state index contributed by atoms with van der Waals surface area (Å²) in [5, 5.41) is 2.40. The van der Waals surface area contributed by atoms with Gasteiger partial charge in [-0.2, -0.15) is 0 Å². The summed E-state index contributed by atoms with van der Waals surface area (Å²) in [7, 11) is 3.25. The van der Waals surface area contributed by atoms with E-state index < -0.39 is 0 Å². The van der Waals surface area contributed by atoms with Crippen molar-refractivity contribution < 1.29 is 18.6 Å². The molecule has 0 unspecified atom stereocenters. The first-order valence-corrected chi connectivity index (χ1v) is 12.4. The molecule has 0 fully saturated rings. The molecule has 0 saturated heterocycles. The Morgan fingerprint density at radius 3 is 2.39 bits per heavy atom. The third kappa shape index (κ3) is 4.70. The smallest absolute Gasteiger partial charge is 0.210 e. The summed E-state index contributed by atoms with van der Waals surface area (Å²) in [6.07, 6.45) is 0. The summed E-state index contributed by atoms with van der Waals surface area (Å²) in [5.74, 6) is 2.90. The second-order valence-corrected chi connectivity index (χ2v) is 9.21. The number of aromatic nitrogens is 1. The Labute approximate surface area is 213 Å². The average Bonchev–Trinajstić information content (AvgIpc) is 3.28. The summed E-state index contributed by atoms with van der Waals surface area (Å²) in [6, 6.07) is 23.5. The van der Waals surface area contributed by atoms with Gasteiger partial charge in [0.15, 0.2) is 11.5 Å². The maximum absolute atomic E-state index is 6.23. The van der Waals surface area contributed by atoms with Crippen molar-refractivity contribution in [1.29, 1.82) is 0 Å². The number of benzene rings is 3. The molecule has 2 aromatic heterocycles. The van der Waals surface area contributed by atoms with E-state index in [1.807, 2.05) is 86.6 Å². The Morgan fingerprint density at radius 2 is 1.64 bits per heavy atom. The molecule has 3 aromatic carbocycles. The quantitative estimate of drug-likeness (QED) is 0.238. The fourth-order valence-corrected chi connectivity index (χ4v) is 4.83. The first-order valence-electron chi connectivity index (χ1n) is 11.6. The molecule has 7 heteroatoms. The molecule has 2 heterocycles. The molecule has 0 aliphatic carbocycles. The molecule has 5 aromatic rings. The second-order valence-electron chi connectivity index (χ2n) is 8.03. The molecule has 0 N–H and O–H groups in total. The van der Waals surface area contributed by atoms with Gasteiger partial charge in [-0.1, -0.05) is 23.5 Å². The van der Waals surface area contributed by atoms with E-state index in [9.17, 15) is 0 Å². The number of rotatable bonds is 7. The molecule has 5 rings (SSSR count). The lowest BCUT2D eigenvalue weighted by Gasteiger charge is -2.08. The number of hydrogen-bond acceptors (Lipinski definition) is 7. The van der Waals surface area contributed by atoms with Gasteiger partial charge in [0.25, 0.3) is 0 Å². The van der Waals surface area contributed by atoms with Crippen LogP contribution in [-0.4, -0.2) is 25.8 Å². The molecule has 0 atom stereocenters. The van der Waals surface area contributed by atoms with Gasteiger partial charge in [0.05, 0.1) is 31.9 Å². The minimum atomic E-state index is 0.626. The number of methoxy groups -OCH3 is 2. The van der Waals surface area contributed by atoms with Crippen LogP contribution in [0.1, 0.15) is 11.8 Å². The van der Waals surface area contributed by atoms with Crippen LogP contribution in [0.5, 0.6) is 17.2 Å². The van der Waals surface area contributed by atoms with E-state index in [-0.39, 0.29) is 0 Å². The van der Waals surface area contributed by atoms with Crippen LogP contribution in [0.4, 0.5) is 5.13 Å². The maximum atomic E-state index is 6.23. The van der Waals surface area contributed by atoms with Crippen molar-refractivity contribution >= 4 is 27.4 Å². The highest BCUT2D eigenvalue weighted by atomic mass is 32.1. The third-order valence-corrected chi connectivity index (χ3v) is 6.62. The van der Waals surface area contributed by atoms with E-state index in [1.165, 1.54) is 0 Å². The molecule has 0 aliphatic heterocycles. The fourth-order valence-electron chi connectivity index (χ4n) is 4.02. The van der Waals surface area contributed by atoms with Crippen LogP contribution in [0.3, 0.4) is 0 Å². The minimum Gasteiger partial charge on any atom is -0.494 e. The van der Waals surface area contributed by atoms with Crippen molar-refractivity contribution in [3.8, 4) is 39.8 Å². The van der Waals surface area contributed by atoms with Crippen molar-refractivity contribution in [2.75, 3.05) is 20.8 Å². The van der Waals surface area contributed by atoms with Crippen molar-refractivity contribution in [1.82, 2.24) is 4.98 Å². The molecule has 0 spiro atoms. The monoisotopic (exact) mass is 498 g/mol. The van der Waals surface area contributed by atoms with Crippen LogP contribution in [0.2, 0.25) is 0 Å². The predicted octanol–water partition coefficient (Wildman–Crippen LogP) is 7.18.